The van der Waals surface area contributed by atoms with E-state index in [1.165, 1.54) is 7.11 Å². The molecule has 3 aromatic rings. The number of ether oxygens (including phenoxy) is 1. The van der Waals surface area contributed by atoms with Gasteiger partial charge in [-0.1, -0.05) is 43.3 Å². The summed E-state index contributed by atoms with van der Waals surface area (Å²) in [6.45, 7) is 2.88. The first kappa shape index (κ1) is 18.4. The molecule has 138 valence electrons. The number of nitrogens with one attached hydrogen (secondary N) is 2. The topological polar surface area (TPSA) is 76.1 Å². The number of esters is 1. The summed E-state index contributed by atoms with van der Waals surface area (Å²) < 4.78 is 4.78. The molecule has 0 aliphatic carbocycles. The molecule has 0 bridgehead atoms. The van der Waals surface area contributed by atoms with E-state index in [0.717, 1.165) is 29.9 Å². The minimum Gasteiger partial charge on any atom is -0.465 e. The lowest BCUT2D eigenvalue weighted by molar-refractivity contribution is 0.0601. The molecule has 0 fully saturated rings. The second-order valence-electron chi connectivity index (χ2n) is 5.95. The number of benzene rings is 2. The third kappa shape index (κ3) is 4.82. The van der Waals surface area contributed by atoms with Crippen molar-refractivity contribution in [1.29, 1.82) is 0 Å². The van der Waals surface area contributed by atoms with E-state index in [9.17, 15) is 4.79 Å². The fourth-order valence-electron chi connectivity index (χ4n) is 2.57. The van der Waals surface area contributed by atoms with Crippen LogP contribution in [0.3, 0.4) is 0 Å². The molecule has 2 aromatic carbocycles. The van der Waals surface area contributed by atoms with Crippen LogP contribution >= 0.6 is 0 Å². The van der Waals surface area contributed by atoms with Crippen LogP contribution in [-0.2, 0) is 4.74 Å². The third-order valence-electron chi connectivity index (χ3n) is 3.88. The Bertz CT molecular complexity index is 913. The summed E-state index contributed by atoms with van der Waals surface area (Å²) >= 11 is 0. The van der Waals surface area contributed by atoms with E-state index in [0.29, 0.717) is 17.3 Å². The van der Waals surface area contributed by atoms with Gasteiger partial charge in [0.15, 0.2) is 0 Å². The van der Waals surface area contributed by atoms with Gasteiger partial charge in [0.1, 0.15) is 5.82 Å². The van der Waals surface area contributed by atoms with E-state index in [2.05, 4.69) is 27.5 Å². The summed E-state index contributed by atoms with van der Waals surface area (Å²) in [6.07, 6.45) is 0.975. The van der Waals surface area contributed by atoms with E-state index in [1.54, 1.807) is 18.2 Å². The summed E-state index contributed by atoms with van der Waals surface area (Å²) in [5.41, 5.74) is 3.04. The maximum absolute atomic E-state index is 11.7. The van der Waals surface area contributed by atoms with Crippen molar-refractivity contribution < 1.29 is 9.53 Å². The summed E-state index contributed by atoms with van der Waals surface area (Å²) in [7, 11) is 1.37. The molecule has 3 rings (SSSR count). The minimum absolute atomic E-state index is 0.378. The Balaban J connectivity index is 1.93. The lowest BCUT2D eigenvalue weighted by atomic mass is 10.1. The molecule has 0 radical (unpaired) electrons. The molecule has 0 unspecified atom stereocenters. The highest BCUT2D eigenvalue weighted by Crippen LogP contribution is 2.24. The standard InChI is InChI=1S/C21H22N4O2/c1-3-12-22-21-24-18(15-8-5-4-6-9-15)14-19(25-21)23-17-11-7-10-16(13-17)20(26)27-2/h4-11,13-14H,3,12H2,1-2H3,(H2,22,23,24,25). The molecule has 1 aromatic heterocycles. The second kappa shape index (κ2) is 8.80. The zero-order chi connectivity index (χ0) is 19.1. The van der Waals surface area contributed by atoms with E-state index in [4.69, 9.17) is 4.74 Å². The van der Waals surface area contributed by atoms with E-state index in [1.807, 2.05) is 42.5 Å². The Morgan fingerprint density at radius 3 is 2.59 bits per heavy atom. The number of anilines is 3. The molecule has 2 N–H and O–H groups in total. The second-order valence-corrected chi connectivity index (χ2v) is 5.95. The average molecular weight is 362 g/mol. The van der Waals surface area contributed by atoms with E-state index < -0.39 is 0 Å². The third-order valence-corrected chi connectivity index (χ3v) is 3.88. The van der Waals surface area contributed by atoms with Gasteiger partial charge in [-0.15, -0.1) is 0 Å². The van der Waals surface area contributed by atoms with Crippen molar-refractivity contribution in [3.63, 3.8) is 0 Å². The lowest BCUT2D eigenvalue weighted by Gasteiger charge is -2.12. The SMILES string of the molecule is CCCNc1nc(Nc2cccc(C(=O)OC)c2)cc(-c2ccccc2)n1. The number of carbonyl (C=O) groups is 1. The predicted octanol–water partition coefficient (Wildman–Crippen LogP) is 4.50. The maximum Gasteiger partial charge on any atom is 0.337 e. The summed E-state index contributed by atoms with van der Waals surface area (Å²) in [4.78, 5) is 20.9. The maximum atomic E-state index is 11.7. The Kier molecular flexibility index (Phi) is 5.99. The zero-order valence-electron chi connectivity index (χ0n) is 15.4. The Hall–Kier alpha value is -3.41. The molecule has 0 aliphatic heterocycles. The summed E-state index contributed by atoms with van der Waals surface area (Å²) in [5.74, 6) is 0.825. The first-order valence-electron chi connectivity index (χ1n) is 8.83. The molecule has 0 saturated heterocycles. The van der Waals surface area contributed by atoms with Crippen molar-refractivity contribution in [2.75, 3.05) is 24.3 Å². The molecule has 0 spiro atoms. The zero-order valence-corrected chi connectivity index (χ0v) is 15.4. The first-order chi connectivity index (χ1) is 13.2. The van der Waals surface area contributed by atoms with Crippen molar-refractivity contribution >= 4 is 23.4 Å². The van der Waals surface area contributed by atoms with Gasteiger partial charge in [0.25, 0.3) is 0 Å². The van der Waals surface area contributed by atoms with Gasteiger partial charge in [0.2, 0.25) is 5.95 Å². The molecule has 6 heteroatoms. The van der Waals surface area contributed by atoms with Crippen LogP contribution in [0.1, 0.15) is 23.7 Å². The lowest BCUT2D eigenvalue weighted by Crippen LogP contribution is -2.07. The molecule has 0 aliphatic rings. The van der Waals surface area contributed by atoms with Gasteiger partial charge in [0, 0.05) is 23.9 Å². The molecule has 0 atom stereocenters. The fourth-order valence-corrected chi connectivity index (χ4v) is 2.57. The number of carbonyl (C=O) groups excluding carboxylic acids is 1. The van der Waals surface area contributed by atoms with Crippen LogP contribution in [0.25, 0.3) is 11.3 Å². The largest absolute Gasteiger partial charge is 0.465 e. The van der Waals surface area contributed by atoms with Gasteiger partial charge in [-0.3, -0.25) is 0 Å². The number of hydrogen-bond acceptors (Lipinski definition) is 6. The van der Waals surface area contributed by atoms with Crippen molar-refractivity contribution in [3.05, 3.63) is 66.2 Å². The quantitative estimate of drug-likeness (QED) is 0.603. The van der Waals surface area contributed by atoms with E-state index >= 15 is 0 Å². The molecule has 0 amide bonds. The highest BCUT2D eigenvalue weighted by molar-refractivity contribution is 5.90. The normalized spacial score (nSPS) is 10.3. The fraction of sp³-hybridized carbons (Fsp3) is 0.190. The number of methoxy groups -OCH3 is 1. The predicted molar refractivity (Wildman–Crippen MR) is 107 cm³/mol. The van der Waals surface area contributed by atoms with Crippen LogP contribution < -0.4 is 10.6 Å². The first-order valence-corrected chi connectivity index (χ1v) is 8.83. The van der Waals surface area contributed by atoms with Crippen LogP contribution in [0.5, 0.6) is 0 Å². The molecule has 0 saturated carbocycles. The average Bonchev–Trinajstić information content (AvgIpc) is 2.72. The minimum atomic E-state index is -0.378. The monoisotopic (exact) mass is 362 g/mol. The number of aromatic nitrogens is 2. The van der Waals surface area contributed by atoms with Gasteiger partial charge in [0.05, 0.1) is 18.4 Å². The van der Waals surface area contributed by atoms with E-state index in [-0.39, 0.29) is 5.97 Å². The van der Waals surface area contributed by atoms with Crippen molar-refractivity contribution in [3.8, 4) is 11.3 Å². The van der Waals surface area contributed by atoms with Gasteiger partial charge in [-0.05, 0) is 24.6 Å². The Morgan fingerprint density at radius 1 is 1.04 bits per heavy atom. The summed E-state index contributed by atoms with van der Waals surface area (Å²) in [6, 6.07) is 18.9. The summed E-state index contributed by atoms with van der Waals surface area (Å²) in [5, 5.41) is 6.48. The highest BCUT2D eigenvalue weighted by Gasteiger charge is 2.09. The van der Waals surface area contributed by atoms with Crippen LogP contribution in [0, 0.1) is 0 Å². The molecule has 6 nitrogen and oxygen atoms in total. The van der Waals surface area contributed by atoms with Gasteiger partial charge in [-0.2, -0.15) is 4.98 Å². The Morgan fingerprint density at radius 2 is 1.85 bits per heavy atom. The van der Waals surface area contributed by atoms with Crippen molar-refractivity contribution in [2.45, 2.75) is 13.3 Å². The van der Waals surface area contributed by atoms with Crippen molar-refractivity contribution in [2.24, 2.45) is 0 Å². The smallest absolute Gasteiger partial charge is 0.337 e. The van der Waals surface area contributed by atoms with Crippen molar-refractivity contribution in [1.82, 2.24) is 9.97 Å². The number of rotatable bonds is 7. The van der Waals surface area contributed by atoms with Gasteiger partial charge < -0.3 is 15.4 Å². The molecular formula is C21H22N4O2. The Labute approximate surface area is 158 Å². The van der Waals surface area contributed by atoms with Crippen LogP contribution in [0.2, 0.25) is 0 Å². The number of nitrogens with zero attached hydrogens (tertiary/aromatic N) is 2. The van der Waals surface area contributed by atoms with Crippen LogP contribution in [0.15, 0.2) is 60.7 Å². The molecular weight excluding hydrogens is 340 g/mol. The van der Waals surface area contributed by atoms with Crippen LogP contribution in [-0.4, -0.2) is 29.6 Å². The molecule has 1 heterocycles. The van der Waals surface area contributed by atoms with Gasteiger partial charge in [-0.25, -0.2) is 9.78 Å². The van der Waals surface area contributed by atoms with Gasteiger partial charge >= 0.3 is 5.97 Å². The van der Waals surface area contributed by atoms with Crippen LogP contribution in [0.4, 0.5) is 17.5 Å². The highest BCUT2D eigenvalue weighted by atomic mass is 16.5. The number of hydrogen-bond donors (Lipinski definition) is 2. The molecule has 27 heavy (non-hydrogen) atoms.